The Morgan fingerprint density at radius 1 is 0.903 bits per heavy atom. The smallest absolute Gasteiger partial charge is 0.276 e. The van der Waals surface area contributed by atoms with Crippen molar-refractivity contribution in [3.63, 3.8) is 0 Å². The molecule has 3 aromatic carbocycles. The van der Waals surface area contributed by atoms with Crippen molar-refractivity contribution >= 4 is 33.3 Å². The topological polar surface area (TPSA) is 113 Å². The van der Waals surface area contributed by atoms with E-state index in [1.165, 1.54) is 0 Å². The summed E-state index contributed by atoms with van der Waals surface area (Å²) in [6.07, 6.45) is 0. The summed E-state index contributed by atoms with van der Waals surface area (Å²) in [7, 11) is 1.55. The van der Waals surface area contributed by atoms with Crippen molar-refractivity contribution < 1.29 is 9.53 Å². The van der Waals surface area contributed by atoms with Crippen molar-refractivity contribution in [1.82, 2.24) is 20.4 Å². The lowest BCUT2D eigenvalue weighted by molar-refractivity contribution is 0.102. The molecular weight excluding hydrogens is 394 g/mol. The minimum Gasteiger partial charge on any atom is -0.497 e. The Kier molecular flexibility index (Phi) is 4.44. The summed E-state index contributed by atoms with van der Waals surface area (Å²) < 4.78 is 5.21. The highest BCUT2D eigenvalue weighted by Gasteiger charge is 2.15. The summed E-state index contributed by atoms with van der Waals surface area (Å²) in [5, 5.41) is 18.6. The van der Waals surface area contributed by atoms with E-state index in [0.717, 1.165) is 16.5 Å². The fourth-order valence-electron chi connectivity index (χ4n) is 3.53. The fourth-order valence-corrected chi connectivity index (χ4v) is 3.53. The Bertz CT molecular complexity index is 1490. The number of para-hydroxylation sites is 1. The number of nitrogens with zero attached hydrogens (tertiary/aromatic N) is 2. The number of anilines is 1. The van der Waals surface area contributed by atoms with E-state index >= 15 is 0 Å². The number of ether oxygens (including phenoxy) is 1. The Labute approximate surface area is 175 Å². The number of hydrogen-bond acceptors (Lipinski definition) is 5. The van der Waals surface area contributed by atoms with E-state index in [1.807, 2.05) is 42.5 Å². The zero-order valence-electron chi connectivity index (χ0n) is 16.5. The van der Waals surface area contributed by atoms with E-state index in [0.29, 0.717) is 33.6 Å². The molecule has 0 aliphatic heterocycles. The Morgan fingerprint density at radius 3 is 2.52 bits per heavy atom. The van der Waals surface area contributed by atoms with Gasteiger partial charge in [-0.1, -0.05) is 30.3 Å². The molecule has 1 amide bonds. The van der Waals surface area contributed by atoms with Crippen LogP contribution in [0.5, 0.6) is 5.75 Å². The molecule has 0 atom stereocenters. The molecule has 8 nitrogen and oxygen atoms in total. The van der Waals surface area contributed by atoms with E-state index in [2.05, 4.69) is 25.7 Å². The summed E-state index contributed by atoms with van der Waals surface area (Å²) >= 11 is 0. The monoisotopic (exact) mass is 411 g/mol. The lowest BCUT2D eigenvalue weighted by Crippen LogP contribution is -2.12. The molecule has 2 heterocycles. The molecule has 0 radical (unpaired) electrons. The number of aromatic nitrogens is 4. The second-order valence-electron chi connectivity index (χ2n) is 6.96. The van der Waals surface area contributed by atoms with Crippen LogP contribution < -0.4 is 15.6 Å². The highest BCUT2D eigenvalue weighted by atomic mass is 16.5. The van der Waals surface area contributed by atoms with Crippen molar-refractivity contribution in [2.45, 2.75) is 0 Å². The van der Waals surface area contributed by atoms with E-state index in [1.54, 1.807) is 31.4 Å². The molecular formula is C23H17N5O3. The Morgan fingerprint density at radius 2 is 1.71 bits per heavy atom. The first-order valence-electron chi connectivity index (χ1n) is 9.55. The maximum absolute atomic E-state index is 12.7. The number of rotatable bonds is 4. The summed E-state index contributed by atoms with van der Waals surface area (Å²) in [4.78, 5) is 24.8. The van der Waals surface area contributed by atoms with Gasteiger partial charge >= 0.3 is 0 Å². The van der Waals surface area contributed by atoms with Crippen LogP contribution >= 0.6 is 0 Å². The van der Waals surface area contributed by atoms with Gasteiger partial charge in [0, 0.05) is 22.0 Å². The number of aromatic amines is 2. The number of carbonyl (C=O) groups excluding carboxylic acids is 1. The molecule has 31 heavy (non-hydrogen) atoms. The van der Waals surface area contributed by atoms with Gasteiger partial charge in [0.1, 0.15) is 5.75 Å². The number of amides is 1. The van der Waals surface area contributed by atoms with Crippen molar-refractivity contribution in [2.24, 2.45) is 0 Å². The van der Waals surface area contributed by atoms with Crippen LogP contribution in [0.4, 0.5) is 5.69 Å². The Balaban J connectivity index is 1.45. The molecule has 0 saturated heterocycles. The van der Waals surface area contributed by atoms with Crippen LogP contribution in [0.3, 0.4) is 0 Å². The summed E-state index contributed by atoms with van der Waals surface area (Å²) in [6, 6.07) is 20.0. The quantitative estimate of drug-likeness (QED) is 0.417. The van der Waals surface area contributed by atoms with E-state index in [4.69, 9.17) is 4.74 Å². The first-order valence-corrected chi connectivity index (χ1v) is 9.55. The predicted molar refractivity (Wildman–Crippen MR) is 118 cm³/mol. The summed E-state index contributed by atoms with van der Waals surface area (Å²) in [6.45, 7) is 0. The van der Waals surface area contributed by atoms with Gasteiger partial charge in [-0.15, -0.1) is 0 Å². The molecule has 0 aliphatic carbocycles. The van der Waals surface area contributed by atoms with Gasteiger partial charge in [0.25, 0.3) is 11.5 Å². The van der Waals surface area contributed by atoms with E-state index in [9.17, 15) is 9.59 Å². The van der Waals surface area contributed by atoms with Crippen molar-refractivity contribution in [3.05, 3.63) is 82.8 Å². The van der Waals surface area contributed by atoms with Crippen LogP contribution in [-0.2, 0) is 0 Å². The molecule has 0 fully saturated rings. The number of H-pyrrole nitrogens is 2. The number of benzene rings is 3. The molecule has 3 N–H and O–H groups in total. The fraction of sp³-hybridized carbons (Fsp3) is 0.0435. The number of carbonyl (C=O) groups is 1. The average Bonchev–Trinajstić information content (AvgIpc) is 3.24. The van der Waals surface area contributed by atoms with Crippen molar-refractivity contribution in [1.29, 1.82) is 0 Å². The maximum Gasteiger partial charge on any atom is 0.276 e. The summed E-state index contributed by atoms with van der Waals surface area (Å²) in [5.41, 5.74) is 2.91. The third-order valence-corrected chi connectivity index (χ3v) is 5.10. The van der Waals surface area contributed by atoms with Crippen LogP contribution in [0, 0.1) is 0 Å². The van der Waals surface area contributed by atoms with Gasteiger partial charge in [0.15, 0.2) is 5.69 Å². The number of hydrogen-bond donors (Lipinski definition) is 3. The number of nitrogens with one attached hydrogen (secondary N) is 3. The lowest BCUT2D eigenvalue weighted by Gasteiger charge is -2.08. The molecule has 0 spiro atoms. The standard InChI is InChI=1S/C23H17N5O3/c1-31-15-10-11-16-18(12-15)22(29)28-26-20(16)13-6-8-14(9-7-13)24-23(30)21-17-4-2-3-5-19(17)25-27-21/h2-12H,1H3,(H,24,30)(H,25,27)(H,28,29). The molecule has 0 saturated carbocycles. The first-order chi connectivity index (χ1) is 15.1. The van der Waals surface area contributed by atoms with Gasteiger partial charge in [-0.05, 0) is 36.4 Å². The average molecular weight is 411 g/mol. The third-order valence-electron chi connectivity index (χ3n) is 5.10. The van der Waals surface area contributed by atoms with Crippen LogP contribution in [-0.4, -0.2) is 33.4 Å². The molecule has 152 valence electrons. The first kappa shape index (κ1) is 18.6. The van der Waals surface area contributed by atoms with Gasteiger partial charge in [-0.25, -0.2) is 5.10 Å². The molecule has 2 aromatic heterocycles. The molecule has 8 heteroatoms. The maximum atomic E-state index is 12.7. The largest absolute Gasteiger partial charge is 0.497 e. The zero-order valence-corrected chi connectivity index (χ0v) is 16.5. The van der Waals surface area contributed by atoms with Gasteiger partial charge < -0.3 is 10.1 Å². The SMILES string of the molecule is COc1ccc2c(-c3ccc(NC(=O)c4n[nH]c5ccccc45)cc3)n[nH]c(=O)c2c1. The van der Waals surface area contributed by atoms with E-state index < -0.39 is 0 Å². The second kappa shape index (κ2) is 7.42. The highest BCUT2D eigenvalue weighted by Crippen LogP contribution is 2.28. The second-order valence-corrected chi connectivity index (χ2v) is 6.96. The van der Waals surface area contributed by atoms with Crippen LogP contribution in [0.1, 0.15) is 10.5 Å². The number of methoxy groups -OCH3 is 1. The van der Waals surface area contributed by atoms with Crippen molar-refractivity contribution in [2.75, 3.05) is 12.4 Å². The Hall–Kier alpha value is -4.46. The highest BCUT2D eigenvalue weighted by molar-refractivity contribution is 6.11. The normalized spacial score (nSPS) is 11.0. The zero-order chi connectivity index (χ0) is 21.4. The minimum atomic E-state index is -0.301. The molecule has 0 unspecified atom stereocenters. The van der Waals surface area contributed by atoms with Gasteiger partial charge in [0.05, 0.1) is 23.7 Å². The van der Waals surface area contributed by atoms with Gasteiger partial charge in [0.2, 0.25) is 0 Å². The molecule has 5 aromatic rings. The molecule has 5 rings (SSSR count). The lowest BCUT2D eigenvalue weighted by atomic mass is 10.0. The summed E-state index contributed by atoms with van der Waals surface area (Å²) in [5.74, 6) is 0.295. The van der Waals surface area contributed by atoms with Crippen LogP contribution in [0.25, 0.3) is 32.9 Å². The van der Waals surface area contributed by atoms with E-state index in [-0.39, 0.29) is 11.5 Å². The predicted octanol–water partition coefficient (Wildman–Crippen LogP) is 3.73. The van der Waals surface area contributed by atoms with Gasteiger partial charge in [-0.2, -0.15) is 10.2 Å². The van der Waals surface area contributed by atoms with Crippen LogP contribution in [0.15, 0.2) is 71.5 Å². The van der Waals surface area contributed by atoms with Crippen molar-refractivity contribution in [3.8, 4) is 17.0 Å². The van der Waals surface area contributed by atoms with Crippen LogP contribution in [0.2, 0.25) is 0 Å². The minimum absolute atomic E-state index is 0.284. The van der Waals surface area contributed by atoms with Gasteiger partial charge in [-0.3, -0.25) is 14.7 Å². The third kappa shape index (κ3) is 3.29. The molecule has 0 aliphatic rings. The number of fused-ring (bicyclic) bond motifs is 2. The molecule has 0 bridgehead atoms.